The Bertz CT molecular complexity index is 761. The van der Waals surface area contributed by atoms with Gasteiger partial charge in [-0.1, -0.05) is 11.3 Å². The van der Waals surface area contributed by atoms with Gasteiger partial charge in [0.2, 0.25) is 0 Å². The van der Waals surface area contributed by atoms with Crippen LogP contribution in [0.3, 0.4) is 0 Å². The van der Waals surface area contributed by atoms with E-state index in [1.54, 1.807) is 10.6 Å². The molecule has 0 radical (unpaired) electrons. The van der Waals surface area contributed by atoms with E-state index in [-0.39, 0.29) is 16.6 Å². The molecule has 2 aromatic rings. The van der Waals surface area contributed by atoms with Crippen molar-refractivity contribution in [3.05, 3.63) is 33.2 Å². The van der Waals surface area contributed by atoms with Crippen molar-refractivity contribution in [1.82, 2.24) is 9.47 Å². The van der Waals surface area contributed by atoms with Crippen molar-refractivity contribution >= 4 is 21.6 Å². The van der Waals surface area contributed by atoms with Crippen LogP contribution in [-0.4, -0.2) is 35.1 Å². The van der Waals surface area contributed by atoms with E-state index in [1.165, 1.54) is 17.4 Å². The van der Waals surface area contributed by atoms with Crippen LogP contribution in [0.2, 0.25) is 0 Å². The summed E-state index contributed by atoms with van der Waals surface area (Å²) < 4.78 is 17.1. The van der Waals surface area contributed by atoms with Crippen molar-refractivity contribution < 1.29 is 4.39 Å². The van der Waals surface area contributed by atoms with Crippen molar-refractivity contribution in [2.75, 3.05) is 19.6 Å². The predicted molar refractivity (Wildman–Crippen MR) is 87.1 cm³/mol. The quantitative estimate of drug-likeness (QED) is 0.922. The minimum Gasteiger partial charge on any atom is -0.328 e. The van der Waals surface area contributed by atoms with E-state index in [2.05, 4.69) is 4.90 Å². The lowest BCUT2D eigenvalue weighted by atomic mass is 9.90. The molecular weight excluding hydrogens is 301 g/mol. The first-order chi connectivity index (χ1) is 10.6. The number of nitrogens with zero attached hydrogens (tertiary/aromatic N) is 2. The molecule has 2 N–H and O–H groups in total. The maximum absolute atomic E-state index is 14.5. The normalized spacial score (nSPS) is 23.3. The zero-order valence-electron chi connectivity index (χ0n) is 12.4. The number of aromatic nitrogens is 1. The van der Waals surface area contributed by atoms with Crippen LogP contribution in [0.4, 0.5) is 4.39 Å². The minimum atomic E-state index is -0.169. The average molecular weight is 321 g/mol. The molecule has 2 aliphatic heterocycles. The highest BCUT2D eigenvalue weighted by Gasteiger charge is 2.29. The molecular formula is C16H20FN3OS. The second-order valence-corrected chi connectivity index (χ2v) is 7.44. The Balaban J connectivity index is 1.69. The largest absolute Gasteiger partial charge is 0.328 e. The van der Waals surface area contributed by atoms with Gasteiger partial charge in [0.1, 0.15) is 5.82 Å². The third-order valence-corrected chi connectivity index (χ3v) is 5.98. The van der Waals surface area contributed by atoms with Crippen LogP contribution >= 0.6 is 11.3 Å². The second kappa shape index (κ2) is 5.44. The van der Waals surface area contributed by atoms with Gasteiger partial charge < -0.3 is 10.6 Å². The summed E-state index contributed by atoms with van der Waals surface area (Å²) in [6.45, 7) is 3.55. The van der Waals surface area contributed by atoms with Crippen LogP contribution in [0, 0.1) is 5.82 Å². The number of hydrogen-bond donors (Lipinski definition) is 1. The number of piperidine rings is 1. The first-order valence-electron chi connectivity index (χ1n) is 7.93. The van der Waals surface area contributed by atoms with Gasteiger partial charge in [-0.25, -0.2) is 4.39 Å². The van der Waals surface area contributed by atoms with Crippen molar-refractivity contribution in [2.45, 2.75) is 37.8 Å². The third kappa shape index (κ3) is 2.30. The van der Waals surface area contributed by atoms with Crippen LogP contribution in [0.15, 0.2) is 16.9 Å². The molecule has 1 unspecified atom stereocenters. The molecule has 1 fully saturated rings. The van der Waals surface area contributed by atoms with Gasteiger partial charge in [0.05, 0.1) is 10.2 Å². The van der Waals surface area contributed by atoms with Gasteiger partial charge in [-0.15, -0.1) is 0 Å². The summed E-state index contributed by atoms with van der Waals surface area (Å²) in [5, 5.41) is 0. The van der Waals surface area contributed by atoms with Crippen LogP contribution in [-0.2, 0) is 6.54 Å². The fourth-order valence-corrected chi connectivity index (χ4v) is 4.75. The summed E-state index contributed by atoms with van der Waals surface area (Å²) in [4.78, 5) is 14.5. The Labute approximate surface area is 132 Å². The molecule has 6 heteroatoms. The first kappa shape index (κ1) is 14.4. The number of hydrogen-bond acceptors (Lipinski definition) is 4. The molecule has 4 nitrogen and oxygen atoms in total. The van der Waals surface area contributed by atoms with Crippen LogP contribution in [0.5, 0.6) is 0 Å². The van der Waals surface area contributed by atoms with Crippen LogP contribution in [0.1, 0.15) is 30.7 Å². The maximum Gasteiger partial charge on any atom is 0.308 e. The summed E-state index contributed by atoms with van der Waals surface area (Å²) in [6, 6.07) is 3.56. The van der Waals surface area contributed by atoms with E-state index >= 15 is 0 Å². The van der Waals surface area contributed by atoms with Crippen molar-refractivity contribution in [1.29, 1.82) is 0 Å². The first-order valence-corrected chi connectivity index (χ1v) is 8.75. The average Bonchev–Trinajstić information content (AvgIpc) is 2.84. The fourth-order valence-electron chi connectivity index (χ4n) is 3.82. The Morgan fingerprint density at radius 3 is 2.77 bits per heavy atom. The van der Waals surface area contributed by atoms with E-state index in [0.29, 0.717) is 12.6 Å². The molecule has 4 rings (SSSR count). The summed E-state index contributed by atoms with van der Waals surface area (Å²) in [6.07, 6.45) is 2.87. The smallest absolute Gasteiger partial charge is 0.308 e. The molecule has 3 heterocycles. The third-order valence-electron chi connectivity index (χ3n) is 5.03. The second-order valence-electron chi connectivity index (χ2n) is 6.45. The molecule has 0 saturated carbocycles. The van der Waals surface area contributed by atoms with Crippen molar-refractivity contribution in [2.24, 2.45) is 5.73 Å². The highest BCUT2D eigenvalue weighted by Crippen LogP contribution is 2.36. The van der Waals surface area contributed by atoms with Gasteiger partial charge in [-0.2, -0.15) is 0 Å². The Morgan fingerprint density at radius 1 is 1.23 bits per heavy atom. The van der Waals surface area contributed by atoms with Gasteiger partial charge in [0.15, 0.2) is 0 Å². The number of nitrogens with two attached hydrogens (primary N) is 1. The number of benzene rings is 1. The standard InChI is InChI=1S/C16H20FN3OS/c17-12-1-2-13-15-14(12)10(3-8-20(15)16(21)22-13)9-19-6-4-11(18)5-7-19/h1-2,10-11H,3-9,18H2. The lowest BCUT2D eigenvalue weighted by molar-refractivity contribution is 0.195. The van der Waals surface area contributed by atoms with E-state index < -0.39 is 0 Å². The highest BCUT2D eigenvalue weighted by atomic mass is 32.1. The van der Waals surface area contributed by atoms with Crippen LogP contribution in [0.25, 0.3) is 10.2 Å². The molecule has 0 aliphatic carbocycles. The number of rotatable bonds is 2. The number of likely N-dealkylation sites (tertiary alicyclic amines) is 1. The van der Waals surface area contributed by atoms with E-state index in [0.717, 1.165) is 54.7 Å². The summed E-state index contributed by atoms with van der Waals surface area (Å²) in [5.41, 5.74) is 7.54. The molecule has 1 saturated heterocycles. The van der Waals surface area contributed by atoms with Gasteiger partial charge in [-0.05, 0) is 44.5 Å². The molecule has 0 spiro atoms. The zero-order valence-corrected chi connectivity index (χ0v) is 13.2. The molecule has 2 aliphatic rings. The van der Waals surface area contributed by atoms with E-state index in [1.807, 2.05) is 0 Å². The summed E-state index contributed by atoms with van der Waals surface area (Å²) >= 11 is 1.23. The fraction of sp³-hybridized carbons (Fsp3) is 0.562. The molecule has 0 amide bonds. The Morgan fingerprint density at radius 2 is 2.00 bits per heavy atom. The number of aryl methyl sites for hydroxylation is 1. The predicted octanol–water partition coefficient (Wildman–Crippen LogP) is 2.11. The topological polar surface area (TPSA) is 51.3 Å². The molecule has 118 valence electrons. The maximum atomic E-state index is 14.5. The van der Waals surface area contributed by atoms with Crippen LogP contribution < -0.4 is 10.6 Å². The summed E-state index contributed by atoms with van der Waals surface area (Å²) in [5.74, 6) is 0.00415. The zero-order chi connectivity index (χ0) is 15.3. The van der Waals surface area contributed by atoms with Crippen molar-refractivity contribution in [3.8, 4) is 0 Å². The van der Waals surface area contributed by atoms with Gasteiger partial charge in [0, 0.05) is 30.6 Å². The lowest BCUT2D eigenvalue weighted by Gasteiger charge is -2.34. The monoisotopic (exact) mass is 321 g/mol. The Hall–Kier alpha value is -1.24. The van der Waals surface area contributed by atoms with E-state index in [4.69, 9.17) is 5.73 Å². The van der Waals surface area contributed by atoms with Gasteiger partial charge in [0.25, 0.3) is 0 Å². The Kier molecular flexibility index (Phi) is 3.55. The SMILES string of the molecule is NC1CCN(CC2CCn3c(=O)sc4ccc(F)c2c43)CC1. The van der Waals surface area contributed by atoms with E-state index in [9.17, 15) is 9.18 Å². The summed E-state index contributed by atoms with van der Waals surface area (Å²) in [7, 11) is 0. The van der Waals surface area contributed by atoms with Gasteiger partial charge in [-0.3, -0.25) is 9.36 Å². The molecule has 22 heavy (non-hydrogen) atoms. The molecule has 1 atom stereocenters. The molecule has 1 aromatic carbocycles. The lowest BCUT2D eigenvalue weighted by Crippen LogP contribution is -2.42. The molecule has 1 aromatic heterocycles. The minimum absolute atomic E-state index is 0.0317. The number of halogens is 1. The highest BCUT2D eigenvalue weighted by molar-refractivity contribution is 7.16. The van der Waals surface area contributed by atoms with Gasteiger partial charge >= 0.3 is 4.87 Å². The molecule has 0 bridgehead atoms. The van der Waals surface area contributed by atoms with Crippen molar-refractivity contribution in [3.63, 3.8) is 0 Å². The number of thiazole rings is 1.